The number of fused-ring (bicyclic) bond motifs is 1. The number of halogens is 1. The number of nitro groups is 1. The summed E-state index contributed by atoms with van der Waals surface area (Å²) in [7, 11) is 0. The molecule has 0 amide bonds. The number of nitrogens with zero attached hydrogens (tertiary/aromatic N) is 1. The molecule has 0 saturated carbocycles. The molecule has 0 bridgehead atoms. The lowest BCUT2D eigenvalue weighted by molar-refractivity contribution is -0.383. The number of anilines is 1. The van der Waals surface area contributed by atoms with Crippen LogP contribution in [0.5, 0.6) is 0 Å². The van der Waals surface area contributed by atoms with Gasteiger partial charge in [0, 0.05) is 12.6 Å². The fourth-order valence-electron chi connectivity index (χ4n) is 1.47. The largest absolute Gasteiger partial charge is 0.379 e. The summed E-state index contributed by atoms with van der Waals surface area (Å²) >= 11 is 0. The van der Waals surface area contributed by atoms with Crippen molar-refractivity contribution in [3.63, 3.8) is 0 Å². The lowest BCUT2D eigenvalue weighted by Crippen LogP contribution is -1.96. The molecule has 2 rings (SSSR count). The van der Waals surface area contributed by atoms with E-state index in [0.29, 0.717) is 5.69 Å². The third-order valence-corrected chi connectivity index (χ3v) is 2.02. The minimum atomic E-state index is -0.350. The topological polar surface area (TPSA) is 55.2 Å². The number of rotatable bonds is 1. The molecule has 1 aliphatic rings. The van der Waals surface area contributed by atoms with Crippen LogP contribution in [0.1, 0.15) is 5.56 Å². The van der Waals surface area contributed by atoms with Gasteiger partial charge in [0.1, 0.15) is 5.69 Å². The third kappa shape index (κ3) is 1.58. The van der Waals surface area contributed by atoms with Crippen LogP contribution in [0, 0.1) is 10.1 Å². The summed E-state index contributed by atoms with van der Waals surface area (Å²) in [5.41, 5.74) is 1.93. The van der Waals surface area contributed by atoms with E-state index in [4.69, 9.17) is 0 Å². The molecule has 1 heterocycles. The summed E-state index contributed by atoms with van der Waals surface area (Å²) in [6, 6.07) is 5.17. The molecule has 0 saturated heterocycles. The first-order valence-electron chi connectivity index (χ1n) is 3.79. The van der Waals surface area contributed by atoms with Gasteiger partial charge in [0.25, 0.3) is 5.69 Å². The van der Waals surface area contributed by atoms with Crippen LogP contribution in [0.25, 0.3) is 0 Å². The van der Waals surface area contributed by atoms with Gasteiger partial charge in [-0.25, -0.2) is 0 Å². The molecule has 0 radical (unpaired) electrons. The molecule has 1 N–H and O–H groups in total. The molecule has 1 aromatic rings. The number of nitro benzene ring substituents is 1. The fraction of sp³-hybridized carbons (Fsp3) is 0.250. The predicted molar refractivity (Wildman–Crippen MR) is 52.5 cm³/mol. The molecule has 13 heavy (non-hydrogen) atoms. The average molecular weight is 201 g/mol. The normalized spacial score (nSPS) is 12.6. The van der Waals surface area contributed by atoms with Crippen LogP contribution in [-0.4, -0.2) is 11.5 Å². The molecule has 70 valence electrons. The van der Waals surface area contributed by atoms with Crippen LogP contribution < -0.4 is 5.32 Å². The fourth-order valence-corrected chi connectivity index (χ4v) is 1.47. The quantitative estimate of drug-likeness (QED) is 0.557. The van der Waals surface area contributed by atoms with E-state index in [2.05, 4.69) is 5.32 Å². The molecule has 1 aliphatic heterocycles. The smallest absolute Gasteiger partial charge is 0.292 e. The molecular weight excluding hydrogens is 192 g/mol. The van der Waals surface area contributed by atoms with Gasteiger partial charge in [-0.2, -0.15) is 0 Å². The van der Waals surface area contributed by atoms with Crippen molar-refractivity contribution in [2.45, 2.75) is 6.42 Å². The van der Waals surface area contributed by atoms with Crippen LogP contribution in [0.15, 0.2) is 18.2 Å². The Morgan fingerprint density at radius 2 is 2.23 bits per heavy atom. The number of benzene rings is 1. The molecule has 0 aromatic heterocycles. The first-order valence-corrected chi connectivity index (χ1v) is 3.79. The van der Waals surface area contributed by atoms with Gasteiger partial charge in [-0.1, -0.05) is 12.1 Å². The maximum atomic E-state index is 10.5. The van der Waals surface area contributed by atoms with E-state index >= 15 is 0 Å². The van der Waals surface area contributed by atoms with Crippen molar-refractivity contribution in [1.29, 1.82) is 0 Å². The maximum absolute atomic E-state index is 10.5. The Morgan fingerprint density at radius 3 is 2.92 bits per heavy atom. The van der Waals surface area contributed by atoms with E-state index in [1.165, 1.54) is 6.07 Å². The van der Waals surface area contributed by atoms with Crippen molar-refractivity contribution >= 4 is 23.8 Å². The zero-order chi connectivity index (χ0) is 8.55. The number of hydrogen-bond acceptors (Lipinski definition) is 3. The molecule has 0 atom stereocenters. The summed E-state index contributed by atoms with van der Waals surface area (Å²) < 4.78 is 0. The standard InChI is InChI=1S/C8H8N2O2.ClH/c11-10(12)7-3-1-2-6-4-5-9-8(6)7;/h1-3,9H,4-5H2;1H. The van der Waals surface area contributed by atoms with Crippen LogP contribution in [0.3, 0.4) is 0 Å². The number of nitrogens with one attached hydrogen (secondary N) is 1. The molecule has 5 heteroatoms. The highest BCUT2D eigenvalue weighted by Gasteiger charge is 2.20. The van der Waals surface area contributed by atoms with Crippen molar-refractivity contribution < 1.29 is 4.92 Å². The van der Waals surface area contributed by atoms with E-state index in [0.717, 1.165) is 18.5 Å². The molecule has 0 aliphatic carbocycles. The van der Waals surface area contributed by atoms with Gasteiger partial charge in [-0.05, 0) is 12.0 Å². The van der Waals surface area contributed by atoms with E-state index < -0.39 is 0 Å². The van der Waals surface area contributed by atoms with Crippen LogP contribution >= 0.6 is 12.4 Å². The van der Waals surface area contributed by atoms with E-state index in [1.807, 2.05) is 6.07 Å². The first-order chi connectivity index (χ1) is 5.79. The van der Waals surface area contributed by atoms with Gasteiger partial charge in [0.15, 0.2) is 0 Å². The van der Waals surface area contributed by atoms with Gasteiger partial charge in [-0.15, -0.1) is 12.4 Å². The Kier molecular flexibility index (Phi) is 2.72. The minimum absolute atomic E-state index is 0. The third-order valence-electron chi connectivity index (χ3n) is 2.02. The molecule has 0 fully saturated rings. The Morgan fingerprint density at radius 1 is 1.46 bits per heavy atom. The lowest BCUT2D eigenvalue weighted by Gasteiger charge is -1.99. The van der Waals surface area contributed by atoms with Gasteiger partial charge in [0.05, 0.1) is 4.92 Å². The summed E-state index contributed by atoms with van der Waals surface area (Å²) in [5, 5.41) is 13.5. The maximum Gasteiger partial charge on any atom is 0.292 e. The van der Waals surface area contributed by atoms with Gasteiger partial charge >= 0.3 is 0 Å². The zero-order valence-corrected chi connectivity index (χ0v) is 7.63. The summed E-state index contributed by atoms with van der Waals surface area (Å²) in [5.74, 6) is 0. The predicted octanol–water partition coefficient (Wildman–Crippen LogP) is 1.98. The summed E-state index contributed by atoms with van der Waals surface area (Å²) in [4.78, 5) is 10.2. The van der Waals surface area contributed by atoms with Gasteiger partial charge < -0.3 is 5.32 Å². The molecule has 4 nitrogen and oxygen atoms in total. The number of para-hydroxylation sites is 1. The first kappa shape index (κ1) is 9.80. The Balaban J connectivity index is 0.000000845. The van der Waals surface area contributed by atoms with Crippen molar-refractivity contribution in [3.05, 3.63) is 33.9 Å². The van der Waals surface area contributed by atoms with E-state index in [9.17, 15) is 10.1 Å². The van der Waals surface area contributed by atoms with Crippen LogP contribution in [-0.2, 0) is 6.42 Å². The monoisotopic (exact) mass is 200 g/mol. The van der Waals surface area contributed by atoms with Crippen molar-refractivity contribution in [1.82, 2.24) is 0 Å². The Hall–Kier alpha value is -1.29. The van der Waals surface area contributed by atoms with Gasteiger partial charge in [0.2, 0.25) is 0 Å². The van der Waals surface area contributed by atoms with Gasteiger partial charge in [-0.3, -0.25) is 10.1 Å². The van der Waals surface area contributed by atoms with Crippen molar-refractivity contribution in [2.75, 3.05) is 11.9 Å². The highest BCUT2D eigenvalue weighted by Crippen LogP contribution is 2.31. The molecular formula is C8H9ClN2O2. The molecule has 0 spiro atoms. The molecule has 0 unspecified atom stereocenters. The summed E-state index contributed by atoms with van der Waals surface area (Å²) in [6.45, 7) is 0.806. The SMILES string of the molecule is Cl.O=[N+]([O-])c1cccc2c1NCC2. The van der Waals surface area contributed by atoms with Crippen molar-refractivity contribution in [3.8, 4) is 0 Å². The second kappa shape index (κ2) is 3.62. The second-order valence-corrected chi connectivity index (χ2v) is 2.75. The zero-order valence-electron chi connectivity index (χ0n) is 6.82. The van der Waals surface area contributed by atoms with E-state index in [-0.39, 0.29) is 23.0 Å². The Labute approximate surface area is 81.5 Å². The number of hydrogen-bond donors (Lipinski definition) is 1. The average Bonchev–Trinajstić information content (AvgIpc) is 2.49. The van der Waals surface area contributed by atoms with Crippen LogP contribution in [0.2, 0.25) is 0 Å². The molecule has 1 aromatic carbocycles. The lowest BCUT2D eigenvalue weighted by atomic mass is 10.1. The Bertz CT molecular complexity index is 341. The highest BCUT2D eigenvalue weighted by atomic mass is 35.5. The highest BCUT2D eigenvalue weighted by molar-refractivity contribution is 5.85. The van der Waals surface area contributed by atoms with Crippen molar-refractivity contribution in [2.24, 2.45) is 0 Å². The van der Waals surface area contributed by atoms with E-state index in [1.54, 1.807) is 6.07 Å². The second-order valence-electron chi connectivity index (χ2n) is 2.75. The summed E-state index contributed by atoms with van der Waals surface area (Å²) in [6.07, 6.45) is 0.886. The van der Waals surface area contributed by atoms with Crippen LogP contribution in [0.4, 0.5) is 11.4 Å². The minimum Gasteiger partial charge on any atom is -0.379 e.